The van der Waals surface area contributed by atoms with Gasteiger partial charge in [-0.15, -0.1) is 0 Å². The molecule has 2 aromatic carbocycles. The minimum absolute atomic E-state index is 0.352. The SMILES string of the molecule is COc1ccc(-n2ccn(CN3CCN(S(=O)(=O)c4ccc(C)cc4)CC3)c2=S)cc1. The van der Waals surface area contributed by atoms with E-state index in [1.165, 1.54) is 0 Å². The van der Waals surface area contributed by atoms with E-state index in [2.05, 4.69) is 4.90 Å². The number of aromatic nitrogens is 2. The van der Waals surface area contributed by atoms with Crippen LogP contribution >= 0.6 is 12.2 Å². The molecule has 4 rings (SSSR count). The number of methoxy groups -OCH3 is 1. The topological polar surface area (TPSA) is 59.7 Å². The fourth-order valence-electron chi connectivity index (χ4n) is 3.65. The van der Waals surface area contributed by atoms with Crippen molar-refractivity contribution in [2.45, 2.75) is 18.5 Å². The molecule has 0 radical (unpaired) electrons. The van der Waals surface area contributed by atoms with Crippen LogP contribution < -0.4 is 4.74 Å². The monoisotopic (exact) mass is 458 g/mol. The van der Waals surface area contributed by atoms with Crippen molar-refractivity contribution in [1.82, 2.24) is 18.3 Å². The van der Waals surface area contributed by atoms with Crippen LogP contribution in [0.4, 0.5) is 0 Å². The molecule has 31 heavy (non-hydrogen) atoms. The minimum atomic E-state index is -3.46. The summed E-state index contributed by atoms with van der Waals surface area (Å²) in [5.74, 6) is 0.799. The Morgan fingerprint density at radius 2 is 1.58 bits per heavy atom. The van der Waals surface area contributed by atoms with Crippen LogP contribution in [0.1, 0.15) is 5.56 Å². The van der Waals surface area contributed by atoms with Crippen molar-refractivity contribution in [3.05, 3.63) is 71.3 Å². The summed E-state index contributed by atoms with van der Waals surface area (Å²) >= 11 is 5.66. The molecule has 7 nitrogen and oxygen atoms in total. The second kappa shape index (κ2) is 8.96. The van der Waals surface area contributed by atoms with Crippen LogP contribution in [-0.4, -0.2) is 60.0 Å². The highest BCUT2D eigenvalue weighted by Crippen LogP contribution is 2.19. The van der Waals surface area contributed by atoms with Gasteiger partial charge in [0.1, 0.15) is 5.75 Å². The molecular formula is C22H26N4O3S2. The van der Waals surface area contributed by atoms with E-state index in [0.29, 0.717) is 42.5 Å². The van der Waals surface area contributed by atoms with Gasteiger partial charge in [0.05, 0.1) is 18.7 Å². The van der Waals surface area contributed by atoms with E-state index in [0.717, 1.165) is 17.0 Å². The summed E-state index contributed by atoms with van der Waals surface area (Å²) in [5.41, 5.74) is 2.01. The molecule has 1 saturated heterocycles. The maximum Gasteiger partial charge on any atom is 0.243 e. The minimum Gasteiger partial charge on any atom is -0.497 e. The van der Waals surface area contributed by atoms with E-state index >= 15 is 0 Å². The lowest BCUT2D eigenvalue weighted by atomic mass is 10.2. The number of rotatable bonds is 6. The van der Waals surface area contributed by atoms with Crippen molar-refractivity contribution in [3.8, 4) is 11.4 Å². The largest absolute Gasteiger partial charge is 0.497 e. The molecule has 0 atom stereocenters. The Balaban J connectivity index is 1.41. The van der Waals surface area contributed by atoms with Gasteiger partial charge in [-0.25, -0.2) is 8.42 Å². The molecule has 2 heterocycles. The summed E-state index contributed by atoms with van der Waals surface area (Å²) in [7, 11) is -1.81. The number of sulfonamides is 1. The smallest absolute Gasteiger partial charge is 0.243 e. The number of piperazine rings is 1. The van der Waals surface area contributed by atoms with Crippen LogP contribution in [0.25, 0.3) is 5.69 Å². The van der Waals surface area contributed by atoms with Gasteiger partial charge in [-0.2, -0.15) is 4.31 Å². The summed E-state index contributed by atoms with van der Waals surface area (Å²) in [5, 5.41) is 0. The molecule has 1 aliphatic rings. The van der Waals surface area contributed by atoms with Gasteiger partial charge in [-0.1, -0.05) is 17.7 Å². The molecule has 164 valence electrons. The first-order chi connectivity index (χ1) is 14.9. The molecule has 0 bridgehead atoms. The average Bonchev–Trinajstić information content (AvgIpc) is 3.14. The number of aryl methyl sites for hydroxylation is 1. The number of nitrogens with zero attached hydrogens (tertiary/aromatic N) is 4. The van der Waals surface area contributed by atoms with Crippen molar-refractivity contribution < 1.29 is 13.2 Å². The molecule has 0 saturated carbocycles. The van der Waals surface area contributed by atoms with Gasteiger partial charge in [-0.05, 0) is 55.5 Å². The Morgan fingerprint density at radius 3 is 2.19 bits per heavy atom. The first-order valence-electron chi connectivity index (χ1n) is 10.1. The van der Waals surface area contributed by atoms with Gasteiger partial charge >= 0.3 is 0 Å². The van der Waals surface area contributed by atoms with Gasteiger partial charge in [0.25, 0.3) is 0 Å². The van der Waals surface area contributed by atoms with E-state index in [1.807, 2.05) is 64.8 Å². The third-order valence-corrected chi connectivity index (χ3v) is 7.88. The molecular weight excluding hydrogens is 432 g/mol. The second-order valence-electron chi connectivity index (χ2n) is 7.60. The molecule has 9 heteroatoms. The van der Waals surface area contributed by atoms with Gasteiger partial charge in [0.15, 0.2) is 4.77 Å². The van der Waals surface area contributed by atoms with Crippen LogP contribution in [0.2, 0.25) is 0 Å². The van der Waals surface area contributed by atoms with E-state index in [9.17, 15) is 8.42 Å². The van der Waals surface area contributed by atoms with E-state index in [1.54, 1.807) is 23.5 Å². The van der Waals surface area contributed by atoms with Crippen LogP contribution in [-0.2, 0) is 16.7 Å². The quantitative estimate of drug-likeness (QED) is 0.531. The Bertz CT molecular complexity index is 1190. The number of ether oxygens (including phenoxy) is 1. The van der Waals surface area contributed by atoms with Crippen molar-refractivity contribution >= 4 is 22.2 Å². The molecule has 0 unspecified atom stereocenters. The third-order valence-electron chi connectivity index (χ3n) is 5.54. The van der Waals surface area contributed by atoms with Gasteiger partial charge in [0.2, 0.25) is 10.0 Å². The van der Waals surface area contributed by atoms with Crippen molar-refractivity contribution in [3.63, 3.8) is 0 Å². The first kappa shape index (κ1) is 21.8. The van der Waals surface area contributed by atoms with E-state index < -0.39 is 10.0 Å². The molecule has 3 aromatic rings. The zero-order valence-electron chi connectivity index (χ0n) is 17.6. The number of benzene rings is 2. The highest BCUT2D eigenvalue weighted by Gasteiger charge is 2.28. The Hall–Kier alpha value is -2.46. The fraction of sp³-hybridized carbons (Fsp3) is 0.318. The maximum absolute atomic E-state index is 12.9. The van der Waals surface area contributed by atoms with Gasteiger partial charge in [-0.3, -0.25) is 9.47 Å². The second-order valence-corrected chi connectivity index (χ2v) is 9.90. The summed E-state index contributed by atoms with van der Waals surface area (Å²) in [6, 6.07) is 14.8. The predicted octanol–water partition coefficient (Wildman–Crippen LogP) is 3.29. The normalized spacial score (nSPS) is 15.8. The molecule has 0 aliphatic carbocycles. The molecule has 0 spiro atoms. The van der Waals surface area contributed by atoms with Crippen molar-refractivity contribution in [2.75, 3.05) is 33.3 Å². The number of hydrogen-bond acceptors (Lipinski definition) is 5. The fourth-order valence-corrected chi connectivity index (χ4v) is 5.35. The lowest BCUT2D eigenvalue weighted by Gasteiger charge is -2.34. The number of imidazole rings is 1. The van der Waals surface area contributed by atoms with Gasteiger partial charge in [0, 0.05) is 44.3 Å². The Morgan fingerprint density at radius 1 is 0.935 bits per heavy atom. The third kappa shape index (κ3) is 4.59. The van der Waals surface area contributed by atoms with Crippen LogP contribution in [0.5, 0.6) is 5.75 Å². The Labute approximate surface area is 188 Å². The molecule has 1 fully saturated rings. The van der Waals surface area contributed by atoms with Crippen LogP contribution in [0, 0.1) is 11.7 Å². The molecule has 1 aromatic heterocycles. The summed E-state index contributed by atoms with van der Waals surface area (Å²) in [6.45, 7) is 4.80. The first-order valence-corrected chi connectivity index (χ1v) is 11.9. The summed E-state index contributed by atoms with van der Waals surface area (Å²) in [4.78, 5) is 2.57. The standard InChI is InChI=1S/C22H26N4O3S2/c1-18-3-9-21(10-4-18)31(27,28)25-14-11-23(12-15-25)17-24-13-16-26(22(24)30)19-5-7-20(29-2)8-6-19/h3-10,13,16H,11-12,14-15,17H2,1-2H3. The lowest BCUT2D eigenvalue weighted by Crippen LogP contribution is -2.48. The highest BCUT2D eigenvalue weighted by atomic mass is 32.2. The summed E-state index contributed by atoms with van der Waals surface area (Å²) in [6.07, 6.45) is 3.91. The lowest BCUT2D eigenvalue weighted by molar-refractivity contribution is 0.151. The van der Waals surface area contributed by atoms with Crippen molar-refractivity contribution in [1.29, 1.82) is 0 Å². The molecule has 1 aliphatic heterocycles. The average molecular weight is 459 g/mol. The maximum atomic E-state index is 12.9. The molecule has 0 amide bonds. The van der Waals surface area contributed by atoms with Crippen LogP contribution in [0.15, 0.2) is 65.8 Å². The summed E-state index contributed by atoms with van der Waals surface area (Å²) < 4.78 is 37.2. The van der Waals surface area contributed by atoms with Gasteiger partial charge < -0.3 is 9.30 Å². The predicted molar refractivity (Wildman–Crippen MR) is 123 cm³/mol. The number of hydrogen-bond donors (Lipinski definition) is 0. The molecule has 0 N–H and O–H groups in total. The highest BCUT2D eigenvalue weighted by molar-refractivity contribution is 7.89. The Kier molecular flexibility index (Phi) is 6.29. The van der Waals surface area contributed by atoms with E-state index in [4.69, 9.17) is 17.0 Å². The van der Waals surface area contributed by atoms with Crippen molar-refractivity contribution in [2.24, 2.45) is 0 Å². The zero-order valence-corrected chi connectivity index (χ0v) is 19.3. The van der Waals surface area contributed by atoms with E-state index in [-0.39, 0.29) is 0 Å². The van der Waals surface area contributed by atoms with Crippen LogP contribution in [0.3, 0.4) is 0 Å². The zero-order chi connectivity index (χ0) is 22.0.